The van der Waals surface area contributed by atoms with E-state index in [4.69, 9.17) is 11.0 Å². The van der Waals surface area contributed by atoms with Crippen LogP contribution in [0.4, 0.5) is 0 Å². The van der Waals surface area contributed by atoms with Gasteiger partial charge in [0, 0.05) is 6.04 Å². The lowest BCUT2D eigenvalue weighted by atomic mass is 10.0. The molecule has 0 aromatic heterocycles. The molecule has 1 aromatic carbocycles. The van der Waals surface area contributed by atoms with Crippen molar-refractivity contribution in [2.45, 2.75) is 18.9 Å². The van der Waals surface area contributed by atoms with E-state index in [1.165, 1.54) is 12.8 Å². The second-order valence-corrected chi connectivity index (χ2v) is 3.60. The van der Waals surface area contributed by atoms with Crippen LogP contribution in [-0.4, -0.2) is 0 Å². The third-order valence-corrected chi connectivity index (χ3v) is 2.53. The van der Waals surface area contributed by atoms with E-state index in [0.29, 0.717) is 11.5 Å². The molecule has 0 radical (unpaired) electrons. The monoisotopic (exact) mass is 172 g/mol. The number of nitriles is 1. The molecule has 0 unspecified atom stereocenters. The van der Waals surface area contributed by atoms with Crippen LogP contribution in [0.1, 0.15) is 30.0 Å². The largest absolute Gasteiger partial charge is 0.324 e. The van der Waals surface area contributed by atoms with Crippen LogP contribution >= 0.6 is 0 Å². The molecule has 1 aromatic rings. The first-order chi connectivity index (χ1) is 6.31. The second-order valence-electron chi connectivity index (χ2n) is 3.60. The van der Waals surface area contributed by atoms with E-state index in [1.54, 1.807) is 0 Å². The Labute approximate surface area is 78.0 Å². The molecule has 66 valence electrons. The smallest absolute Gasteiger partial charge is 0.0991 e. The van der Waals surface area contributed by atoms with Gasteiger partial charge in [-0.25, -0.2) is 0 Å². The Morgan fingerprint density at radius 3 is 2.85 bits per heavy atom. The molecule has 0 saturated heterocycles. The molecule has 1 atom stereocenters. The predicted molar refractivity (Wildman–Crippen MR) is 50.8 cm³/mol. The van der Waals surface area contributed by atoms with E-state index >= 15 is 0 Å². The Bertz CT molecular complexity index is 347. The summed E-state index contributed by atoms with van der Waals surface area (Å²) in [6.45, 7) is 0. The maximum atomic E-state index is 8.71. The normalized spacial score (nSPS) is 17.8. The molecule has 0 amide bonds. The second kappa shape index (κ2) is 3.20. The number of nitrogens with zero attached hydrogens (tertiary/aromatic N) is 1. The molecule has 2 rings (SSSR count). The average Bonchev–Trinajstić information content (AvgIpc) is 3.00. The van der Waals surface area contributed by atoms with Gasteiger partial charge in [-0.15, -0.1) is 0 Å². The first-order valence-electron chi connectivity index (χ1n) is 4.57. The number of rotatable bonds is 2. The summed E-state index contributed by atoms with van der Waals surface area (Å²) in [6.07, 6.45) is 2.47. The highest BCUT2D eigenvalue weighted by molar-refractivity contribution is 5.34. The molecular formula is C11H12N2. The van der Waals surface area contributed by atoms with Crippen LogP contribution < -0.4 is 5.73 Å². The number of hydrogen-bond acceptors (Lipinski definition) is 2. The standard InChI is InChI=1S/C11H12N2/c12-7-8-2-1-3-10(6-8)11(13)9-4-5-9/h1-3,6,9,11H,4-5,13H2/t11-/m1/s1. The topological polar surface area (TPSA) is 49.8 Å². The van der Waals surface area contributed by atoms with E-state index < -0.39 is 0 Å². The van der Waals surface area contributed by atoms with Crippen molar-refractivity contribution in [3.8, 4) is 6.07 Å². The zero-order valence-electron chi connectivity index (χ0n) is 7.40. The Balaban J connectivity index is 2.24. The third-order valence-electron chi connectivity index (χ3n) is 2.53. The van der Waals surface area contributed by atoms with Gasteiger partial charge in [-0.2, -0.15) is 5.26 Å². The summed E-state index contributed by atoms with van der Waals surface area (Å²) in [5, 5.41) is 8.71. The number of nitrogens with two attached hydrogens (primary N) is 1. The Hall–Kier alpha value is -1.33. The van der Waals surface area contributed by atoms with Crippen LogP contribution in [0, 0.1) is 17.2 Å². The van der Waals surface area contributed by atoms with Gasteiger partial charge in [0.1, 0.15) is 0 Å². The molecular weight excluding hydrogens is 160 g/mol. The first-order valence-corrected chi connectivity index (χ1v) is 4.57. The minimum atomic E-state index is 0.133. The summed E-state index contributed by atoms with van der Waals surface area (Å²) < 4.78 is 0. The number of hydrogen-bond donors (Lipinski definition) is 1. The summed E-state index contributed by atoms with van der Waals surface area (Å²) in [4.78, 5) is 0. The van der Waals surface area contributed by atoms with Crippen LogP contribution in [0.3, 0.4) is 0 Å². The van der Waals surface area contributed by atoms with Crippen molar-refractivity contribution in [2.75, 3.05) is 0 Å². The van der Waals surface area contributed by atoms with Crippen molar-refractivity contribution in [1.82, 2.24) is 0 Å². The maximum Gasteiger partial charge on any atom is 0.0991 e. The highest BCUT2D eigenvalue weighted by atomic mass is 14.7. The molecule has 1 aliphatic carbocycles. The molecule has 0 bridgehead atoms. The van der Waals surface area contributed by atoms with Gasteiger partial charge >= 0.3 is 0 Å². The molecule has 1 saturated carbocycles. The Morgan fingerprint density at radius 2 is 2.23 bits per heavy atom. The van der Waals surface area contributed by atoms with Crippen molar-refractivity contribution < 1.29 is 0 Å². The minimum absolute atomic E-state index is 0.133. The molecule has 13 heavy (non-hydrogen) atoms. The van der Waals surface area contributed by atoms with Crippen LogP contribution in [0.2, 0.25) is 0 Å². The van der Waals surface area contributed by atoms with Gasteiger partial charge in [0.2, 0.25) is 0 Å². The summed E-state index contributed by atoms with van der Waals surface area (Å²) in [5.41, 5.74) is 7.82. The molecule has 1 fully saturated rings. The summed E-state index contributed by atoms with van der Waals surface area (Å²) in [5.74, 6) is 0.647. The summed E-state index contributed by atoms with van der Waals surface area (Å²) in [6, 6.07) is 9.86. The molecule has 0 spiro atoms. The van der Waals surface area contributed by atoms with Crippen molar-refractivity contribution in [1.29, 1.82) is 5.26 Å². The van der Waals surface area contributed by atoms with Crippen molar-refractivity contribution in [3.05, 3.63) is 35.4 Å². The molecule has 2 nitrogen and oxygen atoms in total. The third kappa shape index (κ3) is 1.71. The molecule has 2 heteroatoms. The van der Waals surface area contributed by atoms with Gasteiger partial charge in [0.15, 0.2) is 0 Å². The molecule has 1 aliphatic rings. The predicted octanol–water partition coefficient (Wildman–Crippen LogP) is 1.97. The fourth-order valence-electron chi connectivity index (χ4n) is 1.54. The number of benzene rings is 1. The quantitative estimate of drug-likeness (QED) is 0.741. The van der Waals surface area contributed by atoms with Crippen LogP contribution in [0.5, 0.6) is 0 Å². The van der Waals surface area contributed by atoms with Gasteiger partial charge < -0.3 is 5.73 Å². The lowest BCUT2D eigenvalue weighted by molar-refractivity contribution is 0.633. The maximum absolute atomic E-state index is 8.71. The van der Waals surface area contributed by atoms with Gasteiger partial charge in [0.05, 0.1) is 11.6 Å². The Morgan fingerprint density at radius 1 is 1.46 bits per heavy atom. The first kappa shape index (κ1) is 8.28. The van der Waals surface area contributed by atoms with Gasteiger partial charge in [-0.1, -0.05) is 12.1 Å². The zero-order valence-corrected chi connectivity index (χ0v) is 7.40. The SMILES string of the molecule is N#Cc1cccc([C@H](N)C2CC2)c1. The van der Waals surface area contributed by atoms with Crippen LogP contribution in [0.15, 0.2) is 24.3 Å². The summed E-state index contributed by atoms with van der Waals surface area (Å²) >= 11 is 0. The van der Waals surface area contributed by atoms with Crippen molar-refractivity contribution >= 4 is 0 Å². The highest BCUT2D eigenvalue weighted by Gasteiger charge is 2.29. The lowest BCUT2D eigenvalue weighted by Gasteiger charge is -2.09. The Kier molecular flexibility index (Phi) is 2.03. The zero-order chi connectivity index (χ0) is 9.26. The highest BCUT2D eigenvalue weighted by Crippen LogP contribution is 2.39. The van der Waals surface area contributed by atoms with Gasteiger partial charge in [-0.05, 0) is 36.5 Å². The molecule has 2 N–H and O–H groups in total. The molecule has 0 heterocycles. The van der Waals surface area contributed by atoms with Crippen molar-refractivity contribution in [3.63, 3.8) is 0 Å². The summed E-state index contributed by atoms with van der Waals surface area (Å²) in [7, 11) is 0. The van der Waals surface area contributed by atoms with Crippen molar-refractivity contribution in [2.24, 2.45) is 11.7 Å². The van der Waals surface area contributed by atoms with E-state index in [9.17, 15) is 0 Å². The fourth-order valence-corrected chi connectivity index (χ4v) is 1.54. The van der Waals surface area contributed by atoms with E-state index in [-0.39, 0.29) is 6.04 Å². The van der Waals surface area contributed by atoms with Crippen LogP contribution in [-0.2, 0) is 0 Å². The van der Waals surface area contributed by atoms with Gasteiger partial charge in [0.25, 0.3) is 0 Å². The lowest BCUT2D eigenvalue weighted by Crippen LogP contribution is -2.12. The fraction of sp³-hybridized carbons (Fsp3) is 0.364. The van der Waals surface area contributed by atoms with E-state index in [1.807, 2.05) is 24.3 Å². The van der Waals surface area contributed by atoms with E-state index in [0.717, 1.165) is 5.56 Å². The van der Waals surface area contributed by atoms with Crippen LogP contribution in [0.25, 0.3) is 0 Å². The average molecular weight is 172 g/mol. The van der Waals surface area contributed by atoms with E-state index in [2.05, 4.69) is 6.07 Å². The molecule has 0 aliphatic heterocycles. The minimum Gasteiger partial charge on any atom is -0.324 e. The van der Waals surface area contributed by atoms with Gasteiger partial charge in [-0.3, -0.25) is 0 Å².